The van der Waals surface area contributed by atoms with E-state index in [1.54, 1.807) is 6.20 Å². The molecule has 1 N–H and O–H groups in total. The zero-order chi connectivity index (χ0) is 16.5. The molecule has 4 rings (SSSR count). The largest absolute Gasteiger partial charge is 0.396 e. The van der Waals surface area contributed by atoms with Gasteiger partial charge in [-0.1, -0.05) is 30.3 Å². The van der Waals surface area contributed by atoms with Gasteiger partial charge in [-0.3, -0.25) is 9.78 Å². The van der Waals surface area contributed by atoms with Crippen LogP contribution in [0.3, 0.4) is 0 Å². The topological polar surface area (TPSA) is 53.4 Å². The first-order valence-electron chi connectivity index (χ1n) is 8.44. The maximum Gasteiger partial charge on any atom is 0.256 e. The van der Waals surface area contributed by atoms with Gasteiger partial charge >= 0.3 is 0 Å². The number of carbonyl (C=O) groups is 1. The maximum atomic E-state index is 13.1. The van der Waals surface area contributed by atoms with Gasteiger partial charge in [0.2, 0.25) is 0 Å². The molecule has 122 valence electrons. The second-order valence-electron chi connectivity index (χ2n) is 6.49. The molecule has 1 atom stereocenters. The number of aliphatic hydroxyl groups excluding tert-OH is 1. The Morgan fingerprint density at radius 1 is 1.21 bits per heavy atom. The van der Waals surface area contributed by atoms with Gasteiger partial charge in [-0.15, -0.1) is 0 Å². The number of pyridine rings is 1. The molecule has 2 aromatic carbocycles. The first-order chi connectivity index (χ1) is 11.8. The summed E-state index contributed by atoms with van der Waals surface area (Å²) >= 11 is 0. The van der Waals surface area contributed by atoms with Crippen LogP contribution in [0.2, 0.25) is 0 Å². The molecule has 3 aromatic rings. The van der Waals surface area contributed by atoms with E-state index in [-0.39, 0.29) is 18.4 Å². The number of aromatic nitrogens is 1. The van der Waals surface area contributed by atoms with E-state index < -0.39 is 0 Å². The molecule has 1 unspecified atom stereocenters. The molecule has 0 bridgehead atoms. The molecule has 0 radical (unpaired) electrons. The molecule has 4 nitrogen and oxygen atoms in total. The number of hydrogen-bond donors (Lipinski definition) is 1. The lowest BCUT2D eigenvalue weighted by atomic mass is 9.96. The summed E-state index contributed by atoms with van der Waals surface area (Å²) in [5.41, 5.74) is 1.41. The van der Waals surface area contributed by atoms with Gasteiger partial charge in [-0.25, -0.2) is 0 Å². The van der Waals surface area contributed by atoms with Crippen molar-refractivity contribution < 1.29 is 9.90 Å². The summed E-state index contributed by atoms with van der Waals surface area (Å²) < 4.78 is 0. The summed E-state index contributed by atoms with van der Waals surface area (Å²) in [6.07, 6.45) is 3.66. The van der Waals surface area contributed by atoms with Crippen LogP contribution in [0.15, 0.2) is 48.7 Å². The zero-order valence-corrected chi connectivity index (χ0v) is 13.5. The molecular weight excluding hydrogens is 300 g/mol. The van der Waals surface area contributed by atoms with Crippen molar-refractivity contribution in [1.82, 2.24) is 9.88 Å². The van der Waals surface area contributed by atoms with Crippen LogP contribution in [0.5, 0.6) is 0 Å². The lowest BCUT2D eigenvalue weighted by molar-refractivity contribution is 0.0622. The Balaban J connectivity index is 1.84. The van der Waals surface area contributed by atoms with Crippen LogP contribution < -0.4 is 0 Å². The minimum Gasteiger partial charge on any atom is -0.396 e. The summed E-state index contributed by atoms with van der Waals surface area (Å²) in [7, 11) is 0. The molecule has 2 heterocycles. The molecule has 1 saturated heterocycles. The highest BCUT2D eigenvalue weighted by atomic mass is 16.3. The number of aliphatic hydroxyl groups is 1. The lowest BCUT2D eigenvalue weighted by Gasteiger charge is -2.32. The van der Waals surface area contributed by atoms with E-state index >= 15 is 0 Å². The molecular formula is C20H20N2O2. The Hall–Kier alpha value is -2.46. The van der Waals surface area contributed by atoms with E-state index in [1.807, 2.05) is 41.3 Å². The third-order valence-electron chi connectivity index (χ3n) is 4.91. The third kappa shape index (κ3) is 2.53. The second-order valence-corrected chi connectivity index (χ2v) is 6.49. The van der Waals surface area contributed by atoms with Crippen LogP contribution in [0.4, 0.5) is 0 Å². The Labute approximate surface area is 140 Å². The summed E-state index contributed by atoms with van der Waals surface area (Å²) in [6, 6.07) is 14.0. The fraction of sp³-hybridized carbons (Fsp3) is 0.300. The minimum atomic E-state index is 0.0163. The normalized spacial score (nSPS) is 18.2. The van der Waals surface area contributed by atoms with Crippen molar-refractivity contribution in [3.63, 3.8) is 0 Å². The van der Waals surface area contributed by atoms with Crippen molar-refractivity contribution in [2.75, 3.05) is 19.7 Å². The molecule has 0 spiro atoms. The Morgan fingerprint density at radius 2 is 2.04 bits per heavy atom. The van der Waals surface area contributed by atoms with Crippen molar-refractivity contribution >= 4 is 27.6 Å². The van der Waals surface area contributed by atoms with E-state index in [9.17, 15) is 9.90 Å². The average molecular weight is 320 g/mol. The number of amides is 1. The van der Waals surface area contributed by atoms with E-state index in [2.05, 4.69) is 11.1 Å². The van der Waals surface area contributed by atoms with Crippen LogP contribution in [0.25, 0.3) is 21.7 Å². The fourth-order valence-corrected chi connectivity index (χ4v) is 3.66. The molecule has 1 aliphatic heterocycles. The van der Waals surface area contributed by atoms with Crippen molar-refractivity contribution in [1.29, 1.82) is 0 Å². The fourth-order valence-electron chi connectivity index (χ4n) is 3.66. The number of hydrogen-bond acceptors (Lipinski definition) is 3. The van der Waals surface area contributed by atoms with E-state index in [4.69, 9.17) is 0 Å². The highest BCUT2D eigenvalue weighted by Crippen LogP contribution is 2.29. The third-order valence-corrected chi connectivity index (χ3v) is 4.91. The molecule has 24 heavy (non-hydrogen) atoms. The van der Waals surface area contributed by atoms with Gasteiger partial charge in [-0.05, 0) is 41.7 Å². The SMILES string of the molecule is O=C(c1cc2ccccc2c2cccnc12)N1CCCC(CO)C1. The van der Waals surface area contributed by atoms with Crippen LogP contribution in [-0.2, 0) is 0 Å². The van der Waals surface area contributed by atoms with E-state index in [0.29, 0.717) is 12.1 Å². The van der Waals surface area contributed by atoms with Gasteiger partial charge < -0.3 is 10.0 Å². The van der Waals surface area contributed by atoms with Crippen LogP contribution in [0, 0.1) is 5.92 Å². The van der Waals surface area contributed by atoms with Gasteiger partial charge in [0.15, 0.2) is 0 Å². The highest BCUT2D eigenvalue weighted by molar-refractivity contribution is 6.15. The van der Waals surface area contributed by atoms with Crippen molar-refractivity contribution in [3.8, 4) is 0 Å². The van der Waals surface area contributed by atoms with Gasteiger partial charge in [0.25, 0.3) is 5.91 Å². The van der Waals surface area contributed by atoms with Crippen LogP contribution in [-0.4, -0.2) is 40.6 Å². The van der Waals surface area contributed by atoms with E-state index in [0.717, 1.165) is 41.1 Å². The predicted molar refractivity (Wildman–Crippen MR) is 95.0 cm³/mol. The summed E-state index contributed by atoms with van der Waals surface area (Å²) in [6.45, 7) is 1.51. The number of benzene rings is 2. The average Bonchev–Trinajstić information content (AvgIpc) is 2.67. The molecule has 0 aliphatic carbocycles. The van der Waals surface area contributed by atoms with Crippen molar-refractivity contribution in [3.05, 3.63) is 54.2 Å². The molecule has 4 heteroatoms. The number of likely N-dealkylation sites (tertiary alicyclic amines) is 1. The Morgan fingerprint density at radius 3 is 2.92 bits per heavy atom. The number of piperidine rings is 1. The molecule has 1 aliphatic rings. The Kier molecular flexibility index (Phi) is 3.90. The van der Waals surface area contributed by atoms with Gasteiger partial charge in [-0.2, -0.15) is 0 Å². The zero-order valence-electron chi connectivity index (χ0n) is 13.5. The van der Waals surface area contributed by atoms with Crippen molar-refractivity contribution in [2.45, 2.75) is 12.8 Å². The first kappa shape index (κ1) is 15.1. The van der Waals surface area contributed by atoms with Crippen LogP contribution in [0.1, 0.15) is 23.2 Å². The van der Waals surface area contributed by atoms with Gasteiger partial charge in [0.05, 0.1) is 11.1 Å². The minimum absolute atomic E-state index is 0.0163. The molecule has 1 aromatic heterocycles. The summed E-state index contributed by atoms with van der Waals surface area (Å²) in [4.78, 5) is 19.5. The summed E-state index contributed by atoms with van der Waals surface area (Å²) in [5, 5.41) is 12.6. The Bertz CT molecular complexity index is 906. The van der Waals surface area contributed by atoms with Crippen LogP contribution >= 0.6 is 0 Å². The molecule has 0 saturated carbocycles. The second kappa shape index (κ2) is 6.21. The maximum absolute atomic E-state index is 13.1. The van der Waals surface area contributed by atoms with Crippen molar-refractivity contribution in [2.24, 2.45) is 5.92 Å². The first-order valence-corrected chi connectivity index (χ1v) is 8.44. The van der Waals surface area contributed by atoms with Gasteiger partial charge in [0, 0.05) is 31.3 Å². The number of rotatable bonds is 2. The van der Waals surface area contributed by atoms with E-state index in [1.165, 1.54) is 0 Å². The standard InChI is InChI=1S/C20H20N2O2/c23-13-14-5-4-10-22(12-14)20(24)18-11-15-6-1-2-7-16(15)17-8-3-9-21-19(17)18/h1-3,6-9,11,14,23H,4-5,10,12-13H2. The quantitative estimate of drug-likeness (QED) is 0.738. The lowest BCUT2D eigenvalue weighted by Crippen LogP contribution is -2.41. The number of nitrogens with zero attached hydrogens (tertiary/aromatic N) is 2. The predicted octanol–water partition coefficient (Wildman–Crippen LogP) is 3.23. The molecule has 1 fully saturated rings. The highest BCUT2D eigenvalue weighted by Gasteiger charge is 2.25. The number of carbonyl (C=O) groups excluding carboxylic acids is 1. The van der Waals surface area contributed by atoms with Gasteiger partial charge in [0.1, 0.15) is 0 Å². The smallest absolute Gasteiger partial charge is 0.256 e. The summed E-state index contributed by atoms with van der Waals surface area (Å²) in [5.74, 6) is 0.199. The monoisotopic (exact) mass is 320 g/mol. The number of fused-ring (bicyclic) bond motifs is 3. The molecule has 1 amide bonds.